The van der Waals surface area contributed by atoms with Crippen LogP contribution in [0.4, 0.5) is 0 Å². The molecule has 0 aromatic rings. The highest BCUT2D eigenvalue weighted by Gasteiger charge is 2.36. The summed E-state index contributed by atoms with van der Waals surface area (Å²) in [5.74, 6) is -0.171. The number of allylic oxidation sites excluding steroid dienone is 4. The largest absolute Gasteiger partial charge is 0.472 e. The Hall–Kier alpha value is -1.85. The minimum Gasteiger partial charge on any atom is -0.462 e. The number of hydrogen-bond donors (Lipinski definition) is 3. The molecule has 0 aliphatic carbocycles. The number of rotatable bonds is 41. The molecule has 1 heterocycles. The zero-order valence-corrected chi connectivity index (χ0v) is 37.5. The third-order valence-corrected chi connectivity index (χ3v) is 11.1. The molecule has 1 saturated heterocycles. The van der Waals surface area contributed by atoms with Gasteiger partial charge in [-0.3, -0.25) is 18.6 Å². The molecule has 58 heavy (non-hydrogen) atoms. The Morgan fingerprint density at radius 1 is 0.655 bits per heavy atom. The predicted octanol–water partition coefficient (Wildman–Crippen LogP) is 11.2. The van der Waals surface area contributed by atoms with Crippen LogP contribution in [0, 0.1) is 5.92 Å². The molecule has 0 saturated carbocycles. The summed E-state index contributed by atoms with van der Waals surface area (Å²) in [6, 6.07) is 0. The number of aliphatic hydroxyl groups is 2. The Morgan fingerprint density at radius 3 is 1.78 bits per heavy atom. The van der Waals surface area contributed by atoms with E-state index in [4.69, 9.17) is 23.8 Å². The van der Waals surface area contributed by atoms with Crippen molar-refractivity contribution in [3.63, 3.8) is 0 Å². The molecule has 1 aliphatic heterocycles. The highest BCUT2D eigenvalue weighted by molar-refractivity contribution is 7.47. The second-order valence-corrected chi connectivity index (χ2v) is 17.7. The van der Waals surface area contributed by atoms with Crippen molar-refractivity contribution in [2.24, 2.45) is 5.92 Å². The third-order valence-electron chi connectivity index (χ3n) is 10.1. The van der Waals surface area contributed by atoms with Crippen molar-refractivity contribution >= 4 is 19.8 Å². The normalized spacial score (nSPS) is 17.7. The van der Waals surface area contributed by atoms with Gasteiger partial charge in [0, 0.05) is 12.8 Å². The molecule has 0 bridgehead atoms. The summed E-state index contributed by atoms with van der Waals surface area (Å²) in [6.07, 6.45) is 38.6. The van der Waals surface area contributed by atoms with Gasteiger partial charge in [0.05, 0.1) is 32.0 Å². The number of phosphoric ester groups is 1. The van der Waals surface area contributed by atoms with Crippen molar-refractivity contribution in [2.75, 3.05) is 26.4 Å². The van der Waals surface area contributed by atoms with E-state index in [2.05, 4.69) is 49.6 Å². The zero-order valence-electron chi connectivity index (χ0n) is 36.6. The van der Waals surface area contributed by atoms with Crippen molar-refractivity contribution in [1.82, 2.24) is 0 Å². The molecule has 1 rings (SSSR count). The lowest BCUT2D eigenvalue weighted by atomic mass is 10.0. The number of unbranched alkanes of at least 4 members (excludes halogenated alkanes) is 17. The summed E-state index contributed by atoms with van der Waals surface area (Å²) >= 11 is 0. The number of esters is 2. The maximum atomic E-state index is 12.6. The van der Waals surface area contributed by atoms with Crippen molar-refractivity contribution in [3.05, 3.63) is 36.5 Å². The Bertz CT molecular complexity index is 1140. The quantitative estimate of drug-likeness (QED) is 0.0177. The number of carbonyl (C=O) groups excluding carboxylic acids is 2. The maximum absolute atomic E-state index is 12.6. The molecule has 0 aromatic carbocycles. The van der Waals surface area contributed by atoms with E-state index < -0.39 is 51.8 Å². The minimum absolute atomic E-state index is 0.104. The number of phosphoric acid groups is 1. The average Bonchev–Trinajstić information content (AvgIpc) is 3.96. The predicted molar refractivity (Wildman–Crippen MR) is 232 cm³/mol. The van der Waals surface area contributed by atoms with Gasteiger partial charge in [-0.05, 0) is 57.3 Å². The van der Waals surface area contributed by atoms with Crippen molar-refractivity contribution in [2.45, 2.75) is 212 Å². The first-order valence-corrected chi connectivity index (χ1v) is 24.4. The van der Waals surface area contributed by atoms with E-state index >= 15 is 0 Å². The molecule has 0 amide bonds. The molecule has 12 heteroatoms. The summed E-state index contributed by atoms with van der Waals surface area (Å²) in [4.78, 5) is 35.1. The van der Waals surface area contributed by atoms with E-state index in [1.54, 1.807) is 0 Å². The molecule has 0 radical (unpaired) electrons. The molecule has 3 N–H and O–H groups in total. The van der Waals surface area contributed by atoms with E-state index in [0.717, 1.165) is 50.9 Å². The minimum atomic E-state index is -4.64. The highest BCUT2D eigenvalue weighted by atomic mass is 31.2. The summed E-state index contributed by atoms with van der Waals surface area (Å²) in [6.45, 7) is 4.63. The summed E-state index contributed by atoms with van der Waals surface area (Å²) < 4.78 is 38.5. The monoisotopic (exact) mass is 843 g/mol. The SMILES string of the molecule is CCCCC/C=C\CC1OC1C/C=C\C/C=C\CCCC(=O)O[C@H](COC(=O)CCCCCCCCCCCCCCCCC(C)C)COP(=O)(O)OC[C@@H](O)CO. The van der Waals surface area contributed by atoms with Crippen molar-refractivity contribution in [1.29, 1.82) is 0 Å². The Labute approximate surface area is 352 Å². The Balaban J connectivity index is 2.26. The van der Waals surface area contributed by atoms with Crippen LogP contribution in [0.25, 0.3) is 0 Å². The van der Waals surface area contributed by atoms with Crippen molar-refractivity contribution < 1.29 is 52.5 Å². The first-order chi connectivity index (χ1) is 28.1. The van der Waals surface area contributed by atoms with Gasteiger partial charge in [0.15, 0.2) is 6.10 Å². The van der Waals surface area contributed by atoms with Crippen LogP contribution in [0.3, 0.4) is 0 Å². The fourth-order valence-electron chi connectivity index (χ4n) is 6.45. The van der Waals surface area contributed by atoms with Crippen molar-refractivity contribution in [3.8, 4) is 0 Å². The maximum Gasteiger partial charge on any atom is 0.472 e. The molecular weight excluding hydrogens is 759 g/mol. The lowest BCUT2D eigenvalue weighted by Gasteiger charge is -2.20. The van der Waals surface area contributed by atoms with Crippen LogP contribution in [-0.2, 0) is 37.4 Å². The number of ether oxygens (including phenoxy) is 3. The van der Waals surface area contributed by atoms with E-state index in [-0.39, 0.29) is 19.4 Å². The number of aliphatic hydroxyl groups excluding tert-OH is 2. The number of hydrogen-bond acceptors (Lipinski definition) is 10. The van der Waals surface area contributed by atoms with Gasteiger partial charge in [-0.2, -0.15) is 0 Å². The molecule has 0 aromatic heterocycles. The summed E-state index contributed by atoms with van der Waals surface area (Å²) in [5.41, 5.74) is 0. The highest BCUT2D eigenvalue weighted by Crippen LogP contribution is 2.43. The topological polar surface area (TPSA) is 161 Å². The third kappa shape index (κ3) is 35.0. The second kappa shape index (κ2) is 37.0. The molecule has 5 atom stereocenters. The van der Waals surface area contributed by atoms with E-state index in [0.29, 0.717) is 31.5 Å². The fourth-order valence-corrected chi connectivity index (χ4v) is 7.24. The Kier molecular flexibility index (Phi) is 34.5. The van der Waals surface area contributed by atoms with Crippen LogP contribution >= 0.6 is 7.82 Å². The Morgan fingerprint density at radius 2 is 1.17 bits per heavy atom. The van der Waals surface area contributed by atoms with E-state index in [1.807, 2.05) is 12.2 Å². The van der Waals surface area contributed by atoms with E-state index in [9.17, 15) is 24.2 Å². The smallest absolute Gasteiger partial charge is 0.462 e. The summed E-state index contributed by atoms with van der Waals surface area (Å²) in [5, 5.41) is 18.4. The number of carbonyl (C=O) groups is 2. The molecule has 338 valence electrons. The molecule has 1 aliphatic rings. The molecule has 3 unspecified atom stereocenters. The van der Waals surface area contributed by atoms with Gasteiger partial charge >= 0.3 is 19.8 Å². The van der Waals surface area contributed by atoms with Gasteiger partial charge in [0.1, 0.15) is 12.7 Å². The fraction of sp³-hybridized carbons (Fsp3) is 0.826. The van der Waals surface area contributed by atoms with Gasteiger partial charge in [-0.25, -0.2) is 4.57 Å². The lowest BCUT2D eigenvalue weighted by Crippen LogP contribution is -2.29. The first-order valence-electron chi connectivity index (χ1n) is 22.9. The average molecular weight is 843 g/mol. The van der Waals surface area contributed by atoms with Crippen LogP contribution in [0.2, 0.25) is 0 Å². The number of epoxide rings is 1. The molecule has 1 fully saturated rings. The molecule has 0 spiro atoms. The second-order valence-electron chi connectivity index (χ2n) is 16.3. The van der Waals surface area contributed by atoms with Gasteiger partial charge in [0.2, 0.25) is 0 Å². The van der Waals surface area contributed by atoms with Gasteiger partial charge in [0.25, 0.3) is 0 Å². The van der Waals surface area contributed by atoms with E-state index in [1.165, 1.54) is 89.9 Å². The van der Waals surface area contributed by atoms with Crippen LogP contribution in [0.15, 0.2) is 36.5 Å². The van der Waals surface area contributed by atoms with Crippen LogP contribution in [-0.4, -0.2) is 77.9 Å². The lowest BCUT2D eigenvalue weighted by molar-refractivity contribution is -0.161. The first kappa shape index (κ1) is 54.2. The van der Waals surface area contributed by atoms with Crippen LogP contribution < -0.4 is 0 Å². The van der Waals surface area contributed by atoms with Gasteiger partial charge in [-0.1, -0.05) is 160 Å². The van der Waals surface area contributed by atoms with Crippen LogP contribution in [0.5, 0.6) is 0 Å². The van der Waals surface area contributed by atoms with Crippen LogP contribution in [0.1, 0.15) is 188 Å². The molecular formula is C46H83O11P. The standard InChI is InChI=1S/C46H83O11P/c1-4-5-6-7-22-27-32-43-44(57-43)33-28-23-18-16-20-25-30-35-46(50)56-42(39-55-58(51,52)54-37-41(48)36-47)38-53-45(49)34-29-24-19-15-13-11-9-8-10-12-14-17-21-26-31-40(2)3/h16,20,22-23,27-28,40-44,47-48H,4-15,17-19,21,24-26,29-39H2,1-3H3,(H,51,52)/b20-16-,27-22-,28-23-/t41-,42+,43?,44?/m0/s1. The zero-order chi connectivity index (χ0) is 42.5. The molecule has 11 nitrogen and oxygen atoms in total. The van der Waals surface area contributed by atoms with Gasteiger partial charge < -0.3 is 29.3 Å². The summed E-state index contributed by atoms with van der Waals surface area (Å²) in [7, 11) is -4.64. The van der Waals surface area contributed by atoms with Gasteiger partial charge in [-0.15, -0.1) is 0 Å².